The lowest BCUT2D eigenvalue weighted by molar-refractivity contribution is -0.120. The van der Waals surface area contributed by atoms with Crippen LogP contribution >= 0.6 is 11.3 Å². The first-order valence-electron chi connectivity index (χ1n) is 5.70. The van der Waals surface area contributed by atoms with E-state index in [1.807, 2.05) is 5.38 Å². The van der Waals surface area contributed by atoms with E-state index < -0.39 is 0 Å². The molecule has 16 heavy (non-hydrogen) atoms. The zero-order chi connectivity index (χ0) is 11.4. The molecule has 0 atom stereocenters. The Bertz CT molecular complexity index is 360. The smallest absolute Gasteiger partial charge is 0.226 e. The molecule has 4 nitrogen and oxygen atoms in total. The van der Waals surface area contributed by atoms with Crippen LogP contribution in [0.1, 0.15) is 31.4 Å². The molecule has 3 N–H and O–H groups in total. The van der Waals surface area contributed by atoms with Crippen molar-refractivity contribution >= 4 is 22.4 Å². The molecule has 0 aliphatic heterocycles. The van der Waals surface area contributed by atoms with Crippen molar-refractivity contribution in [2.75, 3.05) is 12.3 Å². The third-order valence-corrected chi connectivity index (χ3v) is 3.44. The van der Waals surface area contributed by atoms with E-state index >= 15 is 0 Å². The minimum Gasteiger partial charge on any atom is -0.375 e. The van der Waals surface area contributed by atoms with Crippen molar-refractivity contribution in [1.29, 1.82) is 0 Å². The summed E-state index contributed by atoms with van der Waals surface area (Å²) in [5, 5.41) is 5.27. The van der Waals surface area contributed by atoms with Crippen LogP contribution in [0.3, 0.4) is 0 Å². The molecule has 5 heteroatoms. The SMILES string of the molecule is Nc1nc(CC(=O)NCCCC2CC2)cs1. The second-order valence-corrected chi connectivity index (χ2v) is 5.18. The number of nitrogens with zero attached hydrogens (tertiary/aromatic N) is 1. The lowest BCUT2D eigenvalue weighted by Gasteiger charge is -2.03. The molecule has 0 unspecified atom stereocenters. The first-order valence-corrected chi connectivity index (χ1v) is 6.58. The van der Waals surface area contributed by atoms with Gasteiger partial charge in [-0.25, -0.2) is 4.98 Å². The molecule has 1 fully saturated rings. The molecule has 0 bridgehead atoms. The van der Waals surface area contributed by atoms with Crippen molar-refractivity contribution in [1.82, 2.24) is 10.3 Å². The molecule has 0 aromatic carbocycles. The summed E-state index contributed by atoms with van der Waals surface area (Å²) in [5.74, 6) is 0.983. The Hall–Kier alpha value is -1.10. The number of nitrogens with one attached hydrogen (secondary N) is 1. The second-order valence-electron chi connectivity index (χ2n) is 4.29. The molecule has 1 aromatic heterocycles. The Morgan fingerprint density at radius 3 is 3.06 bits per heavy atom. The predicted octanol–water partition coefficient (Wildman–Crippen LogP) is 1.57. The highest BCUT2D eigenvalue weighted by Crippen LogP contribution is 2.33. The summed E-state index contributed by atoms with van der Waals surface area (Å²) < 4.78 is 0. The maximum atomic E-state index is 11.5. The van der Waals surface area contributed by atoms with Crippen molar-refractivity contribution in [3.63, 3.8) is 0 Å². The normalized spacial score (nSPS) is 15.0. The quantitative estimate of drug-likeness (QED) is 0.740. The zero-order valence-electron chi connectivity index (χ0n) is 9.24. The summed E-state index contributed by atoms with van der Waals surface area (Å²) in [6.45, 7) is 0.787. The third kappa shape index (κ3) is 3.81. The number of nitrogen functional groups attached to an aromatic ring is 1. The van der Waals surface area contributed by atoms with Crippen LogP contribution in [0.25, 0.3) is 0 Å². The molecule has 88 valence electrons. The fourth-order valence-electron chi connectivity index (χ4n) is 1.66. The standard InChI is InChI=1S/C11H17N3OS/c12-11-14-9(7-16-11)6-10(15)13-5-1-2-8-3-4-8/h7-8H,1-6H2,(H2,12,14)(H,13,15). The van der Waals surface area contributed by atoms with Crippen molar-refractivity contribution in [3.8, 4) is 0 Å². The second kappa shape index (κ2) is 5.30. The van der Waals surface area contributed by atoms with Gasteiger partial charge >= 0.3 is 0 Å². The molecule has 1 amide bonds. The predicted molar refractivity (Wildman–Crippen MR) is 65.2 cm³/mol. The lowest BCUT2D eigenvalue weighted by atomic mass is 10.2. The van der Waals surface area contributed by atoms with E-state index in [1.165, 1.54) is 30.6 Å². The number of carbonyl (C=O) groups is 1. The Morgan fingerprint density at radius 2 is 2.44 bits per heavy atom. The number of nitrogens with two attached hydrogens (primary N) is 1. The largest absolute Gasteiger partial charge is 0.375 e. The van der Waals surface area contributed by atoms with Crippen molar-refractivity contribution < 1.29 is 4.79 Å². The van der Waals surface area contributed by atoms with Gasteiger partial charge in [0.15, 0.2) is 5.13 Å². The molecule has 1 saturated carbocycles. The van der Waals surface area contributed by atoms with Gasteiger partial charge in [-0.1, -0.05) is 12.8 Å². The van der Waals surface area contributed by atoms with E-state index in [-0.39, 0.29) is 5.91 Å². The van der Waals surface area contributed by atoms with Crippen LogP contribution in [0.4, 0.5) is 5.13 Å². The monoisotopic (exact) mass is 239 g/mol. The fraction of sp³-hybridized carbons (Fsp3) is 0.636. The van der Waals surface area contributed by atoms with E-state index in [0.717, 1.165) is 24.6 Å². The van der Waals surface area contributed by atoms with E-state index in [0.29, 0.717) is 11.6 Å². The maximum absolute atomic E-state index is 11.5. The number of anilines is 1. The summed E-state index contributed by atoms with van der Waals surface area (Å²) in [7, 11) is 0. The molecule has 0 radical (unpaired) electrons. The first-order chi connectivity index (χ1) is 7.74. The summed E-state index contributed by atoms with van der Waals surface area (Å²) in [5.41, 5.74) is 6.26. The minimum atomic E-state index is 0.0427. The minimum absolute atomic E-state index is 0.0427. The van der Waals surface area contributed by atoms with Crippen LogP contribution in [0.2, 0.25) is 0 Å². The van der Waals surface area contributed by atoms with Gasteiger partial charge in [-0.2, -0.15) is 0 Å². The average molecular weight is 239 g/mol. The molecular weight excluding hydrogens is 222 g/mol. The van der Waals surface area contributed by atoms with E-state index in [2.05, 4.69) is 10.3 Å². The van der Waals surface area contributed by atoms with E-state index in [9.17, 15) is 4.79 Å². The highest BCUT2D eigenvalue weighted by atomic mass is 32.1. The van der Waals surface area contributed by atoms with Crippen LogP contribution in [-0.4, -0.2) is 17.4 Å². The van der Waals surface area contributed by atoms with Gasteiger partial charge in [-0.15, -0.1) is 11.3 Å². The summed E-state index contributed by atoms with van der Waals surface area (Å²) in [6, 6.07) is 0. The van der Waals surface area contributed by atoms with Crippen molar-refractivity contribution in [2.24, 2.45) is 5.92 Å². The zero-order valence-corrected chi connectivity index (χ0v) is 10.1. The van der Waals surface area contributed by atoms with Gasteiger partial charge in [0, 0.05) is 11.9 Å². The highest BCUT2D eigenvalue weighted by Gasteiger charge is 2.20. The van der Waals surface area contributed by atoms with Gasteiger partial charge in [0.05, 0.1) is 12.1 Å². The van der Waals surface area contributed by atoms with Crippen LogP contribution in [0, 0.1) is 5.92 Å². The number of rotatable bonds is 6. The van der Waals surface area contributed by atoms with E-state index in [4.69, 9.17) is 5.73 Å². The average Bonchev–Trinajstić information content (AvgIpc) is 2.98. The third-order valence-electron chi connectivity index (χ3n) is 2.72. The number of hydrogen-bond acceptors (Lipinski definition) is 4. The van der Waals surface area contributed by atoms with Crippen LogP contribution in [0.15, 0.2) is 5.38 Å². The van der Waals surface area contributed by atoms with Gasteiger partial charge < -0.3 is 11.1 Å². The van der Waals surface area contributed by atoms with Crippen molar-refractivity contribution in [3.05, 3.63) is 11.1 Å². The summed E-state index contributed by atoms with van der Waals surface area (Å²) >= 11 is 1.37. The Morgan fingerprint density at radius 1 is 1.62 bits per heavy atom. The number of thiazole rings is 1. The molecule has 2 rings (SSSR count). The molecule has 0 saturated heterocycles. The summed E-state index contributed by atoms with van der Waals surface area (Å²) in [6.07, 6.45) is 5.45. The molecule has 1 aromatic rings. The van der Waals surface area contributed by atoms with Gasteiger partial charge in [0.25, 0.3) is 0 Å². The van der Waals surface area contributed by atoms with Crippen LogP contribution < -0.4 is 11.1 Å². The molecule has 1 aliphatic rings. The highest BCUT2D eigenvalue weighted by molar-refractivity contribution is 7.13. The Balaban J connectivity index is 1.59. The summed E-state index contributed by atoms with van der Waals surface area (Å²) in [4.78, 5) is 15.5. The van der Waals surface area contributed by atoms with E-state index in [1.54, 1.807) is 0 Å². The van der Waals surface area contributed by atoms with Crippen molar-refractivity contribution in [2.45, 2.75) is 32.1 Å². The molecule has 0 spiro atoms. The Kier molecular flexibility index (Phi) is 3.77. The van der Waals surface area contributed by atoms with Gasteiger partial charge in [-0.3, -0.25) is 4.79 Å². The van der Waals surface area contributed by atoms with Gasteiger partial charge in [0.1, 0.15) is 0 Å². The number of carbonyl (C=O) groups excluding carboxylic acids is 1. The van der Waals surface area contributed by atoms with Gasteiger partial charge in [-0.05, 0) is 18.8 Å². The molecular formula is C11H17N3OS. The first kappa shape index (κ1) is 11.4. The van der Waals surface area contributed by atoms with Crippen LogP contribution in [-0.2, 0) is 11.2 Å². The van der Waals surface area contributed by atoms with Crippen LogP contribution in [0.5, 0.6) is 0 Å². The molecule has 1 heterocycles. The number of amides is 1. The molecule has 1 aliphatic carbocycles. The number of hydrogen-bond donors (Lipinski definition) is 2. The van der Waals surface area contributed by atoms with Gasteiger partial charge in [0.2, 0.25) is 5.91 Å². The maximum Gasteiger partial charge on any atom is 0.226 e. The number of aromatic nitrogens is 1. The lowest BCUT2D eigenvalue weighted by Crippen LogP contribution is -2.26. The fourth-order valence-corrected chi connectivity index (χ4v) is 2.22. The topological polar surface area (TPSA) is 68.0 Å². The Labute approximate surface area is 99.3 Å².